The maximum Gasteiger partial charge on any atom is 0.241 e. The minimum Gasteiger partial charge on any atom is -0.507 e. The first-order valence-electron chi connectivity index (χ1n) is 16.8. The van der Waals surface area contributed by atoms with Crippen molar-refractivity contribution in [3.63, 3.8) is 0 Å². The molecule has 8 nitrogen and oxygen atoms in total. The molecule has 10 heteroatoms. The van der Waals surface area contributed by atoms with E-state index in [1.807, 2.05) is 12.1 Å². The summed E-state index contributed by atoms with van der Waals surface area (Å²) in [5.74, 6) is -6.59. The molecule has 0 aromatic heterocycles. The van der Waals surface area contributed by atoms with Gasteiger partial charge in [-0.2, -0.15) is 0 Å². The molecule has 6 atom stereocenters. The van der Waals surface area contributed by atoms with Crippen LogP contribution in [0.5, 0.6) is 5.75 Å². The largest absolute Gasteiger partial charge is 0.507 e. The number of ketones is 1. The van der Waals surface area contributed by atoms with Crippen LogP contribution in [-0.2, 0) is 19.2 Å². The average molecular weight is 703 g/mol. The lowest BCUT2D eigenvalue weighted by atomic mass is 9.51. The fraction of sp³-hybridized carbons (Fsp3) is 0.244. The van der Waals surface area contributed by atoms with Crippen LogP contribution in [0.3, 0.4) is 0 Å². The van der Waals surface area contributed by atoms with E-state index in [0.717, 1.165) is 16.5 Å². The van der Waals surface area contributed by atoms with Gasteiger partial charge in [0.1, 0.15) is 11.6 Å². The van der Waals surface area contributed by atoms with Crippen molar-refractivity contribution in [2.75, 3.05) is 9.80 Å². The molecule has 2 saturated heterocycles. The standard InChI is InChI=1S/C41H32ClFN2O6/c1-21-7-6-10-28(35(21)46)34-26-16-17-27-33(29(26)20-30-38(49)45(40(51)41(30,34)2)25-15-18-32(43)31(42)19-25)39(50)44(37(27)48)24-13-11-23(12-14-24)36(47)22-8-4-3-5-9-22/h3-16,18-19,27,29-30,33-34,46H,17,20H2,1-2H3/t27-,29+,30-,33-,34+,41+/m0/s1. The highest BCUT2D eigenvalue weighted by molar-refractivity contribution is 6.32. The molecule has 2 heterocycles. The number of amides is 4. The number of allylic oxidation sites excluding steroid dienone is 2. The summed E-state index contributed by atoms with van der Waals surface area (Å²) < 4.78 is 14.2. The van der Waals surface area contributed by atoms with E-state index in [0.29, 0.717) is 27.9 Å². The lowest BCUT2D eigenvalue weighted by Crippen LogP contribution is -2.49. The van der Waals surface area contributed by atoms with Gasteiger partial charge in [-0.3, -0.25) is 28.9 Å². The van der Waals surface area contributed by atoms with E-state index in [9.17, 15) is 33.5 Å². The Morgan fingerprint density at radius 3 is 2.22 bits per heavy atom. The molecule has 0 spiro atoms. The van der Waals surface area contributed by atoms with Gasteiger partial charge in [-0.05, 0) is 80.6 Å². The summed E-state index contributed by atoms with van der Waals surface area (Å²) in [6.45, 7) is 3.46. The zero-order chi connectivity index (χ0) is 35.9. The number of nitrogens with zero attached hydrogens (tertiary/aromatic N) is 2. The first-order valence-corrected chi connectivity index (χ1v) is 17.2. The second-order valence-electron chi connectivity index (χ2n) is 14.0. The average Bonchev–Trinajstić information content (AvgIpc) is 3.50. The van der Waals surface area contributed by atoms with Crippen LogP contribution in [0, 0.1) is 41.8 Å². The number of hydrogen-bond acceptors (Lipinski definition) is 6. The van der Waals surface area contributed by atoms with Crippen molar-refractivity contribution < 1.29 is 33.5 Å². The quantitative estimate of drug-likeness (QED) is 0.134. The van der Waals surface area contributed by atoms with E-state index in [1.165, 1.54) is 17.0 Å². The van der Waals surface area contributed by atoms with Crippen LogP contribution in [0.15, 0.2) is 103 Å². The number of benzene rings is 4. The van der Waals surface area contributed by atoms with Gasteiger partial charge >= 0.3 is 0 Å². The van der Waals surface area contributed by atoms with Crippen LogP contribution in [0.25, 0.3) is 0 Å². The molecule has 51 heavy (non-hydrogen) atoms. The SMILES string of the molecule is Cc1cccc([C@H]2C3=CC[C@@H]4C(=O)N(c5ccc(C(=O)c6ccccc6)cc5)C(=O)[C@@H]4[C@@H]3C[C@H]3C(=O)N(c4ccc(F)c(Cl)c4)C(=O)[C@@]23C)c1O. The molecular weight excluding hydrogens is 671 g/mol. The minimum absolute atomic E-state index is 0.0183. The maximum atomic E-state index is 14.6. The number of carbonyl (C=O) groups is 5. The predicted molar refractivity (Wildman–Crippen MR) is 188 cm³/mol. The number of aromatic hydroxyl groups is 1. The summed E-state index contributed by atoms with van der Waals surface area (Å²) in [6, 6.07) is 24.1. The third-order valence-electron chi connectivity index (χ3n) is 11.4. The van der Waals surface area contributed by atoms with E-state index >= 15 is 0 Å². The normalized spacial score (nSPS) is 26.9. The maximum absolute atomic E-state index is 14.6. The summed E-state index contributed by atoms with van der Waals surface area (Å²) in [6.07, 6.45) is 2.25. The Labute approximate surface area is 298 Å². The van der Waals surface area contributed by atoms with E-state index in [1.54, 1.807) is 80.6 Å². The molecule has 2 aliphatic carbocycles. The molecule has 2 aliphatic heterocycles. The van der Waals surface area contributed by atoms with Crippen molar-refractivity contribution in [3.05, 3.63) is 136 Å². The second-order valence-corrected chi connectivity index (χ2v) is 14.4. The molecule has 0 unspecified atom stereocenters. The van der Waals surface area contributed by atoms with Gasteiger partial charge in [0.2, 0.25) is 23.6 Å². The number of phenols is 1. The molecule has 0 bridgehead atoms. The minimum atomic E-state index is -1.38. The molecule has 1 saturated carbocycles. The predicted octanol–water partition coefficient (Wildman–Crippen LogP) is 7.16. The fourth-order valence-electron chi connectivity index (χ4n) is 8.92. The van der Waals surface area contributed by atoms with Crippen LogP contribution in [0.1, 0.15) is 52.7 Å². The number of para-hydroxylation sites is 1. The third-order valence-corrected chi connectivity index (χ3v) is 11.7. The van der Waals surface area contributed by atoms with Crippen molar-refractivity contribution in [1.29, 1.82) is 0 Å². The smallest absolute Gasteiger partial charge is 0.241 e. The number of carbonyl (C=O) groups excluding carboxylic acids is 5. The van der Waals surface area contributed by atoms with Crippen molar-refractivity contribution >= 4 is 52.4 Å². The number of aryl methyl sites for hydroxylation is 1. The zero-order valence-corrected chi connectivity index (χ0v) is 28.4. The van der Waals surface area contributed by atoms with Gasteiger partial charge < -0.3 is 5.11 Å². The number of anilines is 2. The lowest BCUT2D eigenvalue weighted by molar-refractivity contribution is -0.131. The van der Waals surface area contributed by atoms with Crippen LogP contribution in [0.2, 0.25) is 5.02 Å². The summed E-state index contributed by atoms with van der Waals surface area (Å²) in [5.41, 5.74) is 1.76. The monoisotopic (exact) mass is 702 g/mol. The molecule has 256 valence electrons. The molecule has 8 rings (SSSR count). The molecule has 4 aromatic rings. The molecule has 3 fully saturated rings. The van der Waals surface area contributed by atoms with E-state index in [2.05, 4.69) is 0 Å². The first-order chi connectivity index (χ1) is 24.4. The van der Waals surface area contributed by atoms with Crippen molar-refractivity contribution in [1.82, 2.24) is 0 Å². The van der Waals surface area contributed by atoms with Gasteiger partial charge in [0.25, 0.3) is 0 Å². The summed E-state index contributed by atoms with van der Waals surface area (Å²) in [5, 5.41) is 11.2. The van der Waals surface area contributed by atoms with Gasteiger partial charge in [-0.1, -0.05) is 71.8 Å². The Hall–Kier alpha value is -5.41. The van der Waals surface area contributed by atoms with Gasteiger partial charge in [-0.25, -0.2) is 9.29 Å². The molecule has 4 amide bonds. The summed E-state index contributed by atoms with van der Waals surface area (Å²) in [4.78, 5) is 72.6. The summed E-state index contributed by atoms with van der Waals surface area (Å²) >= 11 is 6.09. The molecular formula is C41H32ClFN2O6. The topological polar surface area (TPSA) is 112 Å². The molecule has 0 radical (unpaired) electrons. The van der Waals surface area contributed by atoms with E-state index in [4.69, 9.17) is 11.6 Å². The van der Waals surface area contributed by atoms with Crippen molar-refractivity contribution in [2.45, 2.75) is 32.6 Å². The number of halogens is 2. The van der Waals surface area contributed by atoms with E-state index < -0.39 is 58.5 Å². The number of phenolic OH excluding ortho intramolecular Hbond substituents is 1. The van der Waals surface area contributed by atoms with Crippen LogP contribution in [0.4, 0.5) is 15.8 Å². The van der Waals surface area contributed by atoms with Gasteiger partial charge in [0.05, 0.1) is 39.6 Å². The number of imide groups is 2. The Kier molecular flexibility index (Phi) is 7.61. The number of fused-ring (bicyclic) bond motifs is 4. The second kappa shape index (κ2) is 11.8. The fourth-order valence-corrected chi connectivity index (χ4v) is 9.09. The Bertz CT molecular complexity index is 2220. The highest BCUT2D eigenvalue weighted by Crippen LogP contribution is 2.64. The Balaban J connectivity index is 1.19. The highest BCUT2D eigenvalue weighted by atomic mass is 35.5. The van der Waals surface area contributed by atoms with Gasteiger partial charge in [0.15, 0.2) is 5.78 Å². The highest BCUT2D eigenvalue weighted by Gasteiger charge is 2.68. The molecule has 4 aromatic carbocycles. The summed E-state index contributed by atoms with van der Waals surface area (Å²) in [7, 11) is 0. The lowest BCUT2D eigenvalue weighted by Gasteiger charge is -2.49. The van der Waals surface area contributed by atoms with Crippen LogP contribution >= 0.6 is 11.6 Å². The van der Waals surface area contributed by atoms with Gasteiger partial charge in [-0.15, -0.1) is 0 Å². The van der Waals surface area contributed by atoms with E-state index in [-0.39, 0.29) is 41.0 Å². The van der Waals surface area contributed by atoms with Crippen LogP contribution in [-0.4, -0.2) is 34.5 Å². The van der Waals surface area contributed by atoms with Gasteiger partial charge in [0, 0.05) is 22.6 Å². The van der Waals surface area contributed by atoms with Crippen molar-refractivity contribution in [2.24, 2.45) is 29.1 Å². The van der Waals surface area contributed by atoms with Crippen LogP contribution < -0.4 is 9.80 Å². The first kappa shape index (κ1) is 32.8. The molecule has 4 aliphatic rings. The zero-order valence-electron chi connectivity index (χ0n) is 27.7. The third kappa shape index (κ3) is 4.74. The van der Waals surface area contributed by atoms with Crippen molar-refractivity contribution in [3.8, 4) is 5.75 Å². The Morgan fingerprint density at radius 2 is 1.51 bits per heavy atom. The Morgan fingerprint density at radius 1 is 0.824 bits per heavy atom. The number of hydrogen-bond donors (Lipinski definition) is 1. The number of rotatable bonds is 5. The molecule has 1 N–H and O–H groups in total.